The lowest BCUT2D eigenvalue weighted by atomic mass is 9.94. The zero-order valence-electron chi connectivity index (χ0n) is 9.86. The minimum absolute atomic E-state index is 0.294. The molecule has 0 heterocycles. The molecule has 1 nitrogen and oxygen atoms in total. The molecule has 2 aromatic carbocycles. The Morgan fingerprint density at radius 1 is 0.882 bits per heavy atom. The molecular formula is C16H14O. The van der Waals surface area contributed by atoms with E-state index in [1.54, 1.807) is 0 Å². The molecule has 0 fully saturated rings. The van der Waals surface area contributed by atoms with E-state index in [-0.39, 0.29) is 0 Å². The van der Waals surface area contributed by atoms with Gasteiger partial charge in [0, 0.05) is 12.0 Å². The molecule has 0 N–H and O–H groups in total. The number of ketones is 1. The van der Waals surface area contributed by atoms with Crippen molar-refractivity contribution in [2.24, 2.45) is 0 Å². The van der Waals surface area contributed by atoms with E-state index in [4.69, 9.17) is 0 Å². The van der Waals surface area contributed by atoms with Gasteiger partial charge in [-0.05, 0) is 35.6 Å². The summed E-state index contributed by atoms with van der Waals surface area (Å²) in [5.41, 5.74) is 5.92. The molecule has 0 unspecified atom stereocenters. The van der Waals surface area contributed by atoms with Crippen LogP contribution in [0, 0.1) is 6.92 Å². The van der Waals surface area contributed by atoms with Crippen molar-refractivity contribution < 1.29 is 4.79 Å². The molecule has 84 valence electrons. The highest BCUT2D eigenvalue weighted by Gasteiger charge is 2.22. The van der Waals surface area contributed by atoms with Crippen LogP contribution in [0.5, 0.6) is 0 Å². The molecule has 0 atom stereocenters. The van der Waals surface area contributed by atoms with Crippen LogP contribution in [0.25, 0.3) is 11.1 Å². The molecule has 0 saturated heterocycles. The van der Waals surface area contributed by atoms with Crippen molar-refractivity contribution in [3.8, 4) is 11.1 Å². The maximum Gasteiger partial charge on any atom is 0.163 e. The van der Waals surface area contributed by atoms with E-state index in [2.05, 4.69) is 25.1 Å². The lowest BCUT2D eigenvalue weighted by molar-refractivity contribution is 0.0994. The summed E-state index contributed by atoms with van der Waals surface area (Å²) >= 11 is 0. The minimum Gasteiger partial charge on any atom is -0.294 e. The Bertz CT molecular complexity index is 582. The first-order chi connectivity index (χ1) is 8.27. The summed E-state index contributed by atoms with van der Waals surface area (Å²) in [4.78, 5) is 11.7. The standard InChI is InChI=1S/C16H14O/c1-11-13(12-5-3-2-4-6-12)7-8-15-14(11)9-10-16(15)17/h2-8H,9-10H2,1H3. The zero-order valence-corrected chi connectivity index (χ0v) is 9.86. The van der Waals surface area contributed by atoms with Crippen LogP contribution in [-0.4, -0.2) is 5.78 Å². The molecule has 0 bridgehead atoms. The first kappa shape index (κ1) is 10.3. The molecule has 0 amide bonds. The van der Waals surface area contributed by atoms with E-state index in [0.29, 0.717) is 12.2 Å². The average molecular weight is 222 g/mol. The van der Waals surface area contributed by atoms with Crippen LogP contribution >= 0.6 is 0 Å². The van der Waals surface area contributed by atoms with Gasteiger partial charge in [0.25, 0.3) is 0 Å². The normalized spacial score (nSPS) is 13.8. The Kier molecular flexibility index (Phi) is 2.32. The number of hydrogen-bond donors (Lipinski definition) is 0. The van der Waals surface area contributed by atoms with Gasteiger partial charge in [0.2, 0.25) is 0 Å². The smallest absolute Gasteiger partial charge is 0.163 e. The molecule has 0 radical (unpaired) electrons. The van der Waals surface area contributed by atoms with Crippen molar-refractivity contribution in [3.05, 3.63) is 59.2 Å². The fourth-order valence-electron chi connectivity index (χ4n) is 2.64. The molecule has 0 saturated carbocycles. The summed E-state index contributed by atoms with van der Waals surface area (Å²) in [5, 5.41) is 0. The van der Waals surface area contributed by atoms with Gasteiger partial charge in [-0.3, -0.25) is 4.79 Å². The summed E-state index contributed by atoms with van der Waals surface area (Å²) in [6, 6.07) is 14.4. The lowest BCUT2D eigenvalue weighted by Crippen LogP contribution is -1.94. The monoisotopic (exact) mass is 222 g/mol. The number of fused-ring (bicyclic) bond motifs is 1. The van der Waals surface area contributed by atoms with Crippen LogP contribution in [0.15, 0.2) is 42.5 Å². The summed E-state index contributed by atoms with van der Waals surface area (Å²) < 4.78 is 0. The fourth-order valence-corrected chi connectivity index (χ4v) is 2.64. The van der Waals surface area contributed by atoms with Gasteiger partial charge in [-0.2, -0.15) is 0 Å². The maximum absolute atomic E-state index is 11.7. The van der Waals surface area contributed by atoms with Crippen LogP contribution in [0.2, 0.25) is 0 Å². The van der Waals surface area contributed by atoms with E-state index < -0.39 is 0 Å². The molecule has 1 aliphatic carbocycles. The van der Waals surface area contributed by atoms with E-state index >= 15 is 0 Å². The Balaban J connectivity index is 2.19. The van der Waals surface area contributed by atoms with E-state index in [1.165, 1.54) is 22.3 Å². The summed E-state index contributed by atoms with van der Waals surface area (Å²) in [5.74, 6) is 0.294. The molecule has 3 rings (SSSR count). The predicted octanol–water partition coefficient (Wildman–Crippen LogP) is 3.79. The second-order valence-corrected chi connectivity index (χ2v) is 4.55. The fraction of sp³-hybridized carbons (Fsp3) is 0.188. The summed E-state index contributed by atoms with van der Waals surface area (Å²) in [6.07, 6.45) is 1.58. The second-order valence-electron chi connectivity index (χ2n) is 4.55. The van der Waals surface area contributed by atoms with Crippen LogP contribution in [0.3, 0.4) is 0 Å². The topological polar surface area (TPSA) is 17.1 Å². The molecule has 0 spiro atoms. The molecule has 1 heteroatoms. The van der Waals surface area contributed by atoms with Crippen LogP contribution in [0.4, 0.5) is 0 Å². The van der Waals surface area contributed by atoms with Crippen LogP contribution < -0.4 is 0 Å². The van der Waals surface area contributed by atoms with Gasteiger partial charge in [0.05, 0.1) is 0 Å². The van der Waals surface area contributed by atoms with Gasteiger partial charge in [0.15, 0.2) is 5.78 Å². The number of Topliss-reactive ketones (excluding diaryl/α,β-unsaturated/α-hetero) is 1. The van der Waals surface area contributed by atoms with Crippen molar-refractivity contribution >= 4 is 5.78 Å². The van der Waals surface area contributed by atoms with Gasteiger partial charge in [-0.25, -0.2) is 0 Å². The first-order valence-electron chi connectivity index (χ1n) is 5.98. The Morgan fingerprint density at radius 2 is 1.59 bits per heavy atom. The van der Waals surface area contributed by atoms with Crippen molar-refractivity contribution in [1.29, 1.82) is 0 Å². The average Bonchev–Trinajstić information content (AvgIpc) is 2.74. The van der Waals surface area contributed by atoms with Crippen LogP contribution in [-0.2, 0) is 6.42 Å². The highest BCUT2D eigenvalue weighted by molar-refractivity contribution is 6.01. The Labute approximate surface area is 101 Å². The molecule has 1 aliphatic rings. The second kappa shape index (κ2) is 3.85. The third kappa shape index (κ3) is 1.59. The third-order valence-corrected chi connectivity index (χ3v) is 3.59. The highest BCUT2D eigenvalue weighted by atomic mass is 16.1. The number of carbonyl (C=O) groups is 1. The largest absolute Gasteiger partial charge is 0.294 e. The van der Waals surface area contributed by atoms with E-state index in [1.807, 2.05) is 24.3 Å². The minimum atomic E-state index is 0.294. The quantitative estimate of drug-likeness (QED) is 0.717. The third-order valence-electron chi connectivity index (χ3n) is 3.59. The molecule has 2 aromatic rings. The lowest BCUT2D eigenvalue weighted by Gasteiger charge is -2.10. The van der Waals surface area contributed by atoms with Crippen molar-refractivity contribution in [3.63, 3.8) is 0 Å². The van der Waals surface area contributed by atoms with Crippen LogP contribution in [0.1, 0.15) is 27.9 Å². The number of hydrogen-bond acceptors (Lipinski definition) is 1. The first-order valence-corrected chi connectivity index (χ1v) is 5.98. The predicted molar refractivity (Wildman–Crippen MR) is 69.3 cm³/mol. The number of rotatable bonds is 1. The Morgan fingerprint density at radius 3 is 2.35 bits per heavy atom. The molecule has 17 heavy (non-hydrogen) atoms. The molecular weight excluding hydrogens is 208 g/mol. The highest BCUT2D eigenvalue weighted by Crippen LogP contribution is 2.32. The van der Waals surface area contributed by atoms with Gasteiger partial charge in [0.1, 0.15) is 0 Å². The molecule has 0 aromatic heterocycles. The van der Waals surface area contributed by atoms with Crippen molar-refractivity contribution in [2.45, 2.75) is 19.8 Å². The maximum atomic E-state index is 11.7. The SMILES string of the molecule is Cc1c(-c2ccccc2)ccc2c1CCC2=O. The van der Waals surface area contributed by atoms with Gasteiger partial charge in [-0.1, -0.05) is 42.5 Å². The Hall–Kier alpha value is -1.89. The molecule has 0 aliphatic heterocycles. The van der Waals surface area contributed by atoms with Gasteiger partial charge < -0.3 is 0 Å². The number of benzene rings is 2. The summed E-state index contributed by atoms with van der Waals surface area (Å²) in [6.45, 7) is 2.12. The summed E-state index contributed by atoms with van der Waals surface area (Å²) in [7, 11) is 0. The van der Waals surface area contributed by atoms with E-state index in [9.17, 15) is 4.79 Å². The zero-order chi connectivity index (χ0) is 11.8. The van der Waals surface area contributed by atoms with E-state index in [0.717, 1.165) is 12.0 Å². The van der Waals surface area contributed by atoms with Crippen molar-refractivity contribution in [1.82, 2.24) is 0 Å². The van der Waals surface area contributed by atoms with Crippen molar-refractivity contribution in [2.75, 3.05) is 0 Å². The van der Waals surface area contributed by atoms with Gasteiger partial charge >= 0.3 is 0 Å². The van der Waals surface area contributed by atoms with Gasteiger partial charge in [-0.15, -0.1) is 0 Å². The number of carbonyl (C=O) groups excluding carboxylic acids is 1.